The van der Waals surface area contributed by atoms with Crippen molar-refractivity contribution in [2.24, 2.45) is 5.92 Å². The first-order chi connectivity index (χ1) is 6.33. The van der Waals surface area contributed by atoms with E-state index in [1.54, 1.807) is 0 Å². The lowest BCUT2D eigenvalue weighted by molar-refractivity contribution is -0.139. The smallest absolute Gasteiger partial charge is 0.309 e. The molecule has 0 amide bonds. The normalized spacial score (nSPS) is 23.3. The molecule has 13 heavy (non-hydrogen) atoms. The molecule has 1 fully saturated rings. The summed E-state index contributed by atoms with van der Waals surface area (Å²) in [6.45, 7) is 1.67. The number of methoxy groups -OCH3 is 1. The third kappa shape index (κ3) is 4.08. The molecule has 0 N–H and O–H groups in total. The molecule has 74 valence electrons. The summed E-state index contributed by atoms with van der Waals surface area (Å²) in [6, 6.07) is 0. The first-order valence-electron chi connectivity index (χ1n) is 4.64. The average molecular weight is 184 g/mol. The van der Waals surface area contributed by atoms with Gasteiger partial charge in [0.1, 0.15) is 0 Å². The van der Waals surface area contributed by atoms with E-state index in [1.807, 2.05) is 6.08 Å². The van der Waals surface area contributed by atoms with Crippen LogP contribution in [0.4, 0.5) is 0 Å². The lowest BCUT2D eigenvalue weighted by Gasteiger charge is -2.18. The Morgan fingerprint density at radius 1 is 1.69 bits per heavy atom. The number of rotatable bonds is 3. The molecule has 1 aliphatic rings. The molecule has 0 saturated carbocycles. The first-order valence-corrected chi connectivity index (χ1v) is 4.64. The van der Waals surface area contributed by atoms with Crippen molar-refractivity contribution in [2.45, 2.75) is 19.3 Å². The number of carbonyl (C=O) groups is 1. The minimum absolute atomic E-state index is 0.187. The van der Waals surface area contributed by atoms with E-state index in [0.29, 0.717) is 12.3 Å². The van der Waals surface area contributed by atoms with Crippen LogP contribution in [0.15, 0.2) is 12.2 Å². The van der Waals surface area contributed by atoms with Crippen molar-refractivity contribution in [3.05, 3.63) is 12.2 Å². The van der Waals surface area contributed by atoms with Gasteiger partial charge in [0.25, 0.3) is 0 Å². The quantitative estimate of drug-likeness (QED) is 0.493. The van der Waals surface area contributed by atoms with Crippen molar-refractivity contribution in [1.29, 1.82) is 0 Å². The zero-order chi connectivity index (χ0) is 9.52. The Morgan fingerprint density at radius 2 is 2.54 bits per heavy atom. The second kappa shape index (κ2) is 5.75. The summed E-state index contributed by atoms with van der Waals surface area (Å²) in [7, 11) is 1.40. The van der Waals surface area contributed by atoms with Crippen LogP contribution in [0.5, 0.6) is 0 Å². The Labute approximate surface area is 78.7 Å². The summed E-state index contributed by atoms with van der Waals surface area (Å²) in [6.07, 6.45) is 6.57. The molecule has 3 heteroatoms. The van der Waals surface area contributed by atoms with E-state index in [2.05, 4.69) is 10.8 Å². The number of ether oxygens (including phenoxy) is 2. The van der Waals surface area contributed by atoms with Gasteiger partial charge in [0.05, 0.1) is 20.1 Å². The minimum Gasteiger partial charge on any atom is -0.469 e. The van der Waals surface area contributed by atoms with Gasteiger partial charge in [0.15, 0.2) is 0 Å². The third-order valence-corrected chi connectivity index (χ3v) is 2.12. The monoisotopic (exact) mass is 184 g/mol. The van der Waals surface area contributed by atoms with Crippen LogP contribution >= 0.6 is 0 Å². The molecule has 0 aromatic heterocycles. The lowest BCUT2D eigenvalue weighted by atomic mass is 10.0. The van der Waals surface area contributed by atoms with E-state index < -0.39 is 0 Å². The van der Waals surface area contributed by atoms with Gasteiger partial charge >= 0.3 is 5.97 Å². The lowest BCUT2D eigenvalue weighted by Crippen LogP contribution is -2.15. The van der Waals surface area contributed by atoms with Gasteiger partial charge in [-0.05, 0) is 12.8 Å². The summed E-state index contributed by atoms with van der Waals surface area (Å²) >= 11 is 0. The molecule has 0 aliphatic carbocycles. The molecular weight excluding hydrogens is 168 g/mol. The molecule has 0 radical (unpaired) electrons. The molecule has 1 aliphatic heterocycles. The van der Waals surface area contributed by atoms with Gasteiger partial charge < -0.3 is 9.47 Å². The Morgan fingerprint density at radius 3 is 3.15 bits per heavy atom. The van der Waals surface area contributed by atoms with Gasteiger partial charge in [0, 0.05) is 12.5 Å². The van der Waals surface area contributed by atoms with E-state index in [9.17, 15) is 4.79 Å². The minimum atomic E-state index is -0.187. The van der Waals surface area contributed by atoms with Gasteiger partial charge in [0.2, 0.25) is 0 Å². The largest absolute Gasteiger partial charge is 0.469 e. The fourth-order valence-electron chi connectivity index (χ4n) is 1.36. The van der Waals surface area contributed by atoms with Crippen LogP contribution in [0.1, 0.15) is 19.3 Å². The second-order valence-electron chi connectivity index (χ2n) is 3.19. The summed E-state index contributed by atoms with van der Waals surface area (Å²) in [4.78, 5) is 10.7. The fourth-order valence-corrected chi connectivity index (χ4v) is 1.36. The fraction of sp³-hybridized carbons (Fsp3) is 0.700. The molecule has 0 spiro atoms. The van der Waals surface area contributed by atoms with Crippen molar-refractivity contribution >= 4 is 5.97 Å². The van der Waals surface area contributed by atoms with Crippen LogP contribution in [0.3, 0.4) is 0 Å². The molecule has 1 heterocycles. The maximum atomic E-state index is 10.7. The third-order valence-electron chi connectivity index (χ3n) is 2.12. The van der Waals surface area contributed by atoms with E-state index in [1.165, 1.54) is 7.11 Å². The van der Waals surface area contributed by atoms with Gasteiger partial charge in [-0.15, -0.1) is 0 Å². The number of hydrogen-bond donors (Lipinski definition) is 0. The van der Waals surface area contributed by atoms with Crippen LogP contribution in [0, 0.1) is 5.92 Å². The van der Waals surface area contributed by atoms with Crippen molar-refractivity contribution in [2.75, 3.05) is 20.3 Å². The number of carbonyl (C=O) groups excluding carboxylic acids is 1. The van der Waals surface area contributed by atoms with Crippen molar-refractivity contribution in [1.82, 2.24) is 0 Å². The Bertz CT molecular complexity index is 181. The zero-order valence-corrected chi connectivity index (χ0v) is 7.99. The predicted octanol–water partition coefficient (Wildman–Crippen LogP) is 1.53. The van der Waals surface area contributed by atoms with Gasteiger partial charge in [-0.2, -0.15) is 0 Å². The predicted molar refractivity (Wildman–Crippen MR) is 49.3 cm³/mol. The average Bonchev–Trinajstić information content (AvgIpc) is 2.19. The van der Waals surface area contributed by atoms with Crippen LogP contribution in [-0.2, 0) is 14.3 Å². The molecule has 1 unspecified atom stereocenters. The Balaban J connectivity index is 2.18. The molecule has 1 saturated heterocycles. The highest BCUT2D eigenvalue weighted by molar-refractivity contribution is 5.70. The molecule has 3 nitrogen and oxygen atoms in total. The summed E-state index contributed by atoms with van der Waals surface area (Å²) in [5.74, 6) is 0.298. The van der Waals surface area contributed by atoms with Crippen molar-refractivity contribution in [3.63, 3.8) is 0 Å². The number of esters is 1. The van der Waals surface area contributed by atoms with Crippen LogP contribution in [0.2, 0.25) is 0 Å². The van der Waals surface area contributed by atoms with Gasteiger partial charge in [-0.1, -0.05) is 12.2 Å². The molecule has 0 aromatic rings. The molecule has 1 rings (SSSR count). The highest BCUT2D eigenvalue weighted by Gasteiger charge is 2.09. The van der Waals surface area contributed by atoms with E-state index in [0.717, 1.165) is 26.1 Å². The summed E-state index contributed by atoms with van der Waals surface area (Å²) < 4.78 is 9.82. The van der Waals surface area contributed by atoms with E-state index >= 15 is 0 Å². The standard InChI is InChI=1S/C10H16O3/c1-12-10(11)6-2-4-9-5-3-7-13-8-9/h2,4,9H,3,5-8H2,1H3/b4-2-. The molecule has 0 aromatic carbocycles. The zero-order valence-electron chi connectivity index (χ0n) is 7.99. The van der Waals surface area contributed by atoms with Gasteiger partial charge in [-0.3, -0.25) is 4.79 Å². The second-order valence-corrected chi connectivity index (χ2v) is 3.19. The molecule has 0 bridgehead atoms. The van der Waals surface area contributed by atoms with Crippen LogP contribution < -0.4 is 0 Å². The van der Waals surface area contributed by atoms with Gasteiger partial charge in [-0.25, -0.2) is 0 Å². The van der Waals surface area contributed by atoms with Crippen molar-refractivity contribution in [3.8, 4) is 0 Å². The summed E-state index contributed by atoms with van der Waals surface area (Å²) in [5, 5.41) is 0. The molecular formula is C10H16O3. The summed E-state index contributed by atoms with van der Waals surface area (Å²) in [5.41, 5.74) is 0. The van der Waals surface area contributed by atoms with Crippen LogP contribution in [0.25, 0.3) is 0 Å². The van der Waals surface area contributed by atoms with E-state index in [4.69, 9.17) is 4.74 Å². The SMILES string of the molecule is COC(=O)C/C=C\C1CCCOC1. The maximum absolute atomic E-state index is 10.7. The Hall–Kier alpha value is -0.830. The van der Waals surface area contributed by atoms with E-state index in [-0.39, 0.29) is 5.97 Å². The highest BCUT2D eigenvalue weighted by Crippen LogP contribution is 2.14. The first kappa shape index (κ1) is 10.3. The van der Waals surface area contributed by atoms with Crippen LogP contribution in [-0.4, -0.2) is 26.3 Å². The Kier molecular flexibility index (Phi) is 4.54. The maximum Gasteiger partial charge on any atom is 0.309 e. The topological polar surface area (TPSA) is 35.5 Å². The molecule has 1 atom stereocenters. The highest BCUT2D eigenvalue weighted by atomic mass is 16.5. The number of hydrogen-bond acceptors (Lipinski definition) is 3. The van der Waals surface area contributed by atoms with Crippen molar-refractivity contribution < 1.29 is 14.3 Å².